The van der Waals surface area contributed by atoms with Crippen LogP contribution in [-0.2, 0) is 0 Å². The van der Waals surface area contributed by atoms with Crippen molar-refractivity contribution in [3.8, 4) is 0 Å². The fourth-order valence-electron chi connectivity index (χ4n) is 0.227. The smallest absolute Gasteiger partial charge is 0.00934 e. The largest absolute Gasteiger partial charge is 0.152 e. The van der Waals surface area contributed by atoms with Crippen LogP contribution in [0.4, 0.5) is 0 Å². The molecule has 0 nitrogen and oxygen atoms in total. The molecule has 0 saturated carbocycles. The fourth-order valence-corrected chi connectivity index (χ4v) is 0.680. The number of hydrogen-bond donors (Lipinski definition) is 0. The van der Waals surface area contributed by atoms with E-state index in [-0.39, 0.29) is 0 Å². The molecule has 1 aromatic rings. The third kappa shape index (κ3) is 0.484. The molecule has 26 valence electrons. The van der Waals surface area contributed by atoms with Crippen LogP contribution in [-0.4, -0.2) is 0 Å². The molecule has 0 saturated heterocycles. The van der Waals surface area contributed by atoms with Gasteiger partial charge in [0.2, 0.25) is 0 Å². The van der Waals surface area contributed by atoms with Crippen LogP contribution in [0.25, 0.3) is 0 Å². The molecule has 1 heteroatoms. The van der Waals surface area contributed by atoms with Crippen LogP contribution >= 0.6 is 11.3 Å². The molecule has 1 rings (SSSR count). The molecular weight excluding hydrogens is 82.1 g/mol. The second-order valence-electron chi connectivity index (χ2n) is 0.793. The Balaban J connectivity index is 3.13. The summed E-state index contributed by atoms with van der Waals surface area (Å²) in [6.07, 6.45) is 0. The van der Waals surface area contributed by atoms with Gasteiger partial charge in [0.25, 0.3) is 0 Å². The van der Waals surface area contributed by atoms with Gasteiger partial charge in [-0.15, -0.1) is 0 Å². The zero-order valence-corrected chi connectivity index (χ0v) is 3.53. The maximum Gasteiger partial charge on any atom is -0.00934 e. The van der Waals surface area contributed by atoms with Gasteiger partial charge in [0.1, 0.15) is 0 Å². The summed E-state index contributed by atoms with van der Waals surface area (Å²) in [7, 11) is 0. The molecule has 0 radical (unpaired) electrons. The maximum absolute atomic E-state index is 2.04. The molecule has 0 amide bonds. The van der Waals surface area contributed by atoms with Gasteiger partial charge in [-0.3, -0.25) is 0 Å². The van der Waals surface area contributed by atoms with Crippen molar-refractivity contribution in [3.63, 3.8) is 0 Å². The molecule has 0 spiro atoms. The van der Waals surface area contributed by atoms with Crippen LogP contribution in [0.2, 0.25) is 0 Å². The van der Waals surface area contributed by atoms with Gasteiger partial charge < -0.3 is 0 Å². The first-order valence-corrected chi connectivity index (χ1v) is 2.41. The summed E-state index contributed by atoms with van der Waals surface area (Å²) in [5, 5.41) is 4.08. The van der Waals surface area contributed by atoms with Crippen LogP contribution < -0.4 is 0 Å². The highest BCUT2D eigenvalue weighted by molar-refractivity contribution is 7.07. The third-order valence-electron chi connectivity index (χ3n) is 0.425. The molecule has 0 N–H and O–H groups in total. The van der Waals surface area contributed by atoms with E-state index in [1.807, 2.05) is 22.9 Å². The van der Waals surface area contributed by atoms with Gasteiger partial charge in [-0.25, -0.2) is 0 Å². The molecule has 0 aliphatic heterocycles. The van der Waals surface area contributed by atoms with Crippen molar-refractivity contribution < 1.29 is 0 Å². The normalized spacial score (nSPS) is 8.00. The van der Waals surface area contributed by atoms with E-state index in [2.05, 4.69) is 0 Å². The Morgan fingerprint density at radius 2 is 2.60 bits per heavy atom. The predicted octanol–water partition coefficient (Wildman–Crippen LogP) is 1.75. The summed E-state index contributed by atoms with van der Waals surface area (Å²) < 4.78 is 0. The second kappa shape index (κ2) is 1.22. The minimum Gasteiger partial charge on any atom is -0.152 e. The highest BCUT2D eigenvalue weighted by Crippen LogP contribution is 1.91. The topological polar surface area (TPSA) is 0 Å². The summed E-state index contributed by atoms with van der Waals surface area (Å²) in [6.45, 7) is 0. The predicted molar refractivity (Wildman–Crippen MR) is 24.3 cm³/mol. The van der Waals surface area contributed by atoms with E-state index in [0.29, 0.717) is 0 Å². The van der Waals surface area contributed by atoms with Crippen molar-refractivity contribution in [3.05, 3.63) is 22.9 Å². The quantitative estimate of drug-likeness (QED) is 0.451. The van der Waals surface area contributed by atoms with Crippen LogP contribution in [0.1, 0.15) is 0 Å². The number of hydrogen-bond acceptors (Lipinski definition) is 1. The lowest BCUT2D eigenvalue weighted by molar-refractivity contribution is 2.03. The monoisotopic (exact) mass is 86.0 g/mol. The maximum atomic E-state index is 2.04. The van der Waals surface area contributed by atoms with Crippen LogP contribution in [0.5, 0.6) is 0 Å². The molecular formula is C4H4S. The molecule has 0 aliphatic carbocycles. The molecule has 1 heterocycles. The Morgan fingerprint density at radius 3 is 2.80 bits per heavy atom. The summed E-state index contributed by atoms with van der Waals surface area (Å²) in [5.74, 6) is 0. The van der Waals surface area contributed by atoms with Crippen molar-refractivity contribution in [2.45, 2.75) is 0 Å². The Kier molecular flexibility index (Phi) is 0.711. The summed E-state index contributed by atoms with van der Waals surface area (Å²) in [4.78, 5) is 0. The van der Waals surface area contributed by atoms with Gasteiger partial charge in [0.15, 0.2) is 0 Å². The second-order valence-corrected chi connectivity index (χ2v) is 1.61. The zero-order chi connectivity index (χ0) is 3.54. The van der Waals surface area contributed by atoms with Gasteiger partial charge in [0, 0.05) is 0 Å². The fraction of sp³-hybridized carbons (Fsp3) is 0. The number of thiophene rings is 1. The standard InChI is InChI=1S/C4H4S/c1-2-4-5-3-1/h1-4H/i3+2. The number of rotatable bonds is 0. The first kappa shape index (κ1) is 2.91. The average Bonchev–Trinajstić information content (AvgIpc) is 1.76. The summed E-state index contributed by atoms with van der Waals surface area (Å²) in [5.41, 5.74) is 0. The van der Waals surface area contributed by atoms with Gasteiger partial charge in [-0.2, -0.15) is 11.3 Å². The van der Waals surface area contributed by atoms with Gasteiger partial charge in [0.05, 0.1) is 0 Å². The van der Waals surface area contributed by atoms with Crippen molar-refractivity contribution in [2.75, 3.05) is 0 Å². The molecule has 1 aromatic heterocycles. The molecule has 0 bridgehead atoms. The first-order valence-electron chi connectivity index (χ1n) is 1.47. The minimum atomic E-state index is 1.71. The van der Waals surface area contributed by atoms with E-state index in [1.165, 1.54) is 0 Å². The molecule has 0 atom stereocenters. The van der Waals surface area contributed by atoms with Crippen molar-refractivity contribution in [1.82, 2.24) is 0 Å². The Labute approximate surface area is 35.1 Å². The van der Waals surface area contributed by atoms with E-state index in [4.69, 9.17) is 0 Å². The summed E-state index contributed by atoms with van der Waals surface area (Å²) >= 11 is 1.71. The Bertz CT molecular complexity index is 60.1. The molecule has 0 unspecified atom stereocenters. The Hall–Kier alpha value is -0.300. The first-order chi connectivity index (χ1) is 2.50. The van der Waals surface area contributed by atoms with E-state index < -0.39 is 0 Å². The van der Waals surface area contributed by atoms with Gasteiger partial charge in [-0.05, 0) is 10.8 Å². The minimum absolute atomic E-state index is 1.71. The SMILES string of the molecule is c1c[14cH]sc1. The lowest BCUT2D eigenvalue weighted by Gasteiger charge is -1.39. The summed E-state index contributed by atoms with van der Waals surface area (Å²) in [6, 6.07) is 4.04. The van der Waals surface area contributed by atoms with Crippen molar-refractivity contribution in [1.29, 1.82) is 0 Å². The van der Waals surface area contributed by atoms with Gasteiger partial charge >= 0.3 is 0 Å². The van der Waals surface area contributed by atoms with E-state index >= 15 is 0 Å². The average molecular weight is 86.1 g/mol. The molecule has 0 aliphatic rings. The van der Waals surface area contributed by atoms with E-state index in [0.717, 1.165) is 0 Å². The third-order valence-corrected chi connectivity index (χ3v) is 1.05. The van der Waals surface area contributed by atoms with E-state index in [1.54, 1.807) is 11.3 Å². The molecule has 0 fully saturated rings. The Morgan fingerprint density at radius 1 is 1.60 bits per heavy atom. The van der Waals surface area contributed by atoms with Gasteiger partial charge in [-0.1, -0.05) is 12.1 Å². The van der Waals surface area contributed by atoms with Crippen molar-refractivity contribution >= 4 is 11.3 Å². The molecule has 5 heavy (non-hydrogen) atoms. The van der Waals surface area contributed by atoms with E-state index in [9.17, 15) is 0 Å². The van der Waals surface area contributed by atoms with Crippen LogP contribution in [0, 0.1) is 0 Å². The highest BCUT2D eigenvalue weighted by Gasteiger charge is 1.58. The van der Waals surface area contributed by atoms with Crippen LogP contribution in [0.3, 0.4) is 0 Å². The lowest BCUT2D eigenvalue weighted by Crippen LogP contribution is -1.16. The highest BCUT2D eigenvalue weighted by atomic mass is 32.1. The zero-order valence-electron chi connectivity index (χ0n) is 2.72. The lowest BCUT2D eigenvalue weighted by atomic mass is 10.8. The van der Waals surface area contributed by atoms with Crippen molar-refractivity contribution in [2.24, 2.45) is 0 Å². The van der Waals surface area contributed by atoms with Crippen LogP contribution in [0.15, 0.2) is 22.9 Å². The molecule has 0 aromatic carbocycles.